The van der Waals surface area contributed by atoms with E-state index in [1.54, 1.807) is 25.1 Å². The van der Waals surface area contributed by atoms with Crippen LogP contribution in [0.15, 0.2) is 42.5 Å². The third-order valence-corrected chi connectivity index (χ3v) is 6.56. The van der Waals surface area contributed by atoms with Gasteiger partial charge in [-0.1, -0.05) is 23.7 Å². The highest BCUT2D eigenvalue weighted by Crippen LogP contribution is 2.33. The molecule has 1 aromatic carbocycles. The highest BCUT2D eigenvalue weighted by Gasteiger charge is 2.31. The van der Waals surface area contributed by atoms with Gasteiger partial charge in [0.25, 0.3) is 5.91 Å². The Bertz CT molecular complexity index is 1110. The number of halogens is 1. The zero-order valence-electron chi connectivity index (χ0n) is 17.3. The van der Waals surface area contributed by atoms with E-state index in [1.165, 1.54) is 23.1 Å². The third kappa shape index (κ3) is 4.45. The number of carbonyl (C=O) groups excluding carboxylic acids is 2. The summed E-state index contributed by atoms with van der Waals surface area (Å²) in [6.07, 6.45) is 1.73. The maximum Gasteiger partial charge on any atom is 0.283 e. The molecule has 4 rings (SSSR count). The second kappa shape index (κ2) is 9.11. The van der Waals surface area contributed by atoms with Crippen molar-refractivity contribution in [3.8, 4) is 5.75 Å². The SMILES string of the molecule is COc1ccccc1C(=O)n1nc(C2CCCN2C(C)=O)cc1NCc1ccc(Cl)s1. The van der Waals surface area contributed by atoms with Crippen molar-refractivity contribution < 1.29 is 14.3 Å². The van der Waals surface area contributed by atoms with Crippen molar-refractivity contribution in [1.29, 1.82) is 0 Å². The first kappa shape index (κ1) is 21.4. The molecular formula is C22H23ClN4O3S. The zero-order valence-corrected chi connectivity index (χ0v) is 18.9. The Kier molecular flexibility index (Phi) is 6.29. The van der Waals surface area contributed by atoms with Crippen LogP contribution in [0.1, 0.15) is 46.7 Å². The minimum atomic E-state index is -0.303. The van der Waals surface area contributed by atoms with Crippen molar-refractivity contribution in [3.05, 3.63) is 62.9 Å². The number of likely N-dealkylation sites (tertiary alicyclic amines) is 1. The number of aromatic nitrogens is 2. The largest absolute Gasteiger partial charge is 0.496 e. The van der Waals surface area contributed by atoms with E-state index in [0.29, 0.717) is 40.3 Å². The molecule has 31 heavy (non-hydrogen) atoms. The lowest BCUT2D eigenvalue weighted by Crippen LogP contribution is -2.28. The highest BCUT2D eigenvalue weighted by molar-refractivity contribution is 7.16. The normalized spacial score (nSPS) is 15.8. The molecule has 3 aromatic rings. The summed E-state index contributed by atoms with van der Waals surface area (Å²) in [6.45, 7) is 2.77. The number of nitrogens with zero attached hydrogens (tertiary/aromatic N) is 3. The van der Waals surface area contributed by atoms with Crippen molar-refractivity contribution in [3.63, 3.8) is 0 Å². The lowest BCUT2D eigenvalue weighted by molar-refractivity contribution is -0.129. The highest BCUT2D eigenvalue weighted by atomic mass is 35.5. The van der Waals surface area contributed by atoms with E-state index >= 15 is 0 Å². The Morgan fingerprint density at radius 3 is 2.81 bits per heavy atom. The molecule has 1 atom stereocenters. The average molecular weight is 459 g/mol. The number of para-hydroxylation sites is 1. The van der Waals surface area contributed by atoms with Gasteiger partial charge >= 0.3 is 0 Å². The number of hydrogen-bond donors (Lipinski definition) is 1. The number of anilines is 1. The van der Waals surface area contributed by atoms with Gasteiger partial charge in [-0.25, -0.2) is 0 Å². The minimum absolute atomic E-state index is 0.0100. The molecule has 1 N–H and O–H groups in total. The van der Waals surface area contributed by atoms with Gasteiger partial charge in [-0.05, 0) is 37.1 Å². The summed E-state index contributed by atoms with van der Waals surface area (Å²) >= 11 is 7.52. The Balaban J connectivity index is 1.70. The maximum atomic E-state index is 13.4. The van der Waals surface area contributed by atoms with Gasteiger partial charge in [-0.15, -0.1) is 11.3 Å². The second-order valence-electron chi connectivity index (χ2n) is 7.30. The van der Waals surface area contributed by atoms with Gasteiger partial charge in [-0.2, -0.15) is 9.78 Å². The predicted molar refractivity (Wildman–Crippen MR) is 121 cm³/mol. The molecule has 0 bridgehead atoms. The first-order valence-corrected chi connectivity index (χ1v) is 11.2. The topological polar surface area (TPSA) is 76.5 Å². The molecule has 1 fully saturated rings. The van der Waals surface area contributed by atoms with Crippen LogP contribution in [0.25, 0.3) is 0 Å². The van der Waals surface area contributed by atoms with E-state index in [-0.39, 0.29) is 17.9 Å². The number of rotatable bonds is 6. The van der Waals surface area contributed by atoms with E-state index in [0.717, 1.165) is 17.7 Å². The number of hydrogen-bond acceptors (Lipinski definition) is 6. The van der Waals surface area contributed by atoms with Gasteiger partial charge in [0.2, 0.25) is 5.91 Å². The molecule has 7 nitrogen and oxygen atoms in total. The summed E-state index contributed by atoms with van der Waals surface area (Å²) in [6, 6.07) is 12.6. The van der Waals surface area contributed by atoms with Crippen LogP contribution in [0.2, 0.25) is 4.34 Å². The van der Waals surface area contributed by atoms with Gasteiger partial charge in [0.05, 0.1) is 35.3 Å². The molecular weight excluding hydrogens is 436 g/mol. The van der Waals surface area contributed by atoms with Crippen molar-refractivity contribution in [2.24, 2.45) is 0 Å². The molecule has 1 aliphatic rings. The van der Waals surface area contributed by atoms with Crippen LogP contribution in [-0.2, 0) is 11.3 Å². The molecule has 162 valence electrons. The number of nitrogens with one attached hydrogen (secondary N) is 1. The van der Waals surface area contributed by atoms with E-state index in [9.17, 15) is 9.59 Å². The Morgan fingerprint density at radius 2 is 2.10 bits per heavy atom. The summed E-state index contributed by atoms with van der Waals surface area (Å²) in [5.74, 6) is 0.747. The summed E-state index contributed by atoms with van der Waals surface area (Å²) in [5.41, 5.74) is 1.11. The molecule has 0 saturated carbocycles. The van der Waals surface area contributed by atoms with E-state index < -0.39 is 0 Å². The number of thiophene rings is 1. The quantitative estimate of drug-likeness (QED) is 0.584. The molecule has 0 aliphatic carbocycles. The van der Waals surface area contributed by atoms with Gasteiger partial charge in [0, 0.05) is 24.4 Å². The summed E-state index contributed by atoms with van der Waals surface area (Å²) in [4.78, 5) is 28.3. The van der Waals surface area contributed by atoms with Crippen molar-refractivity contribution in [1.82, 2.24) is 14.7 Å². The molecule has 1 saturated heterocycles. The number of carbonyl (C=O) groups is 2. The Hall–Kier alpha value is -2.84. The van der Waals surface area contributed by atoms with Crippen molar-refractivity contribution >= 4 is 40.6 Å². The maximum absolute atomic E-state index is 13.4. The number of benzene rings is 1. The Morgan fingerprint density at radius 1 is 1.29 bits per heavy atom. The molecule has 2 aromatic heterocycles. The fourth-order valence-electron chi connectivity index (χ4n) is 3.85. The van der Waals surface area contributed by atoms with Crippen LogP contribution in [-0.4, -0.2) is 40.1 Å². The van der Waals surface area contributed by atoms with Crippen LogP contribution < -0.4 is 10.1 Å². The third-order valence-electron chi connectivity index (χ3n) is 5.33. The molecule has 3 heterocycles. The van der Waals surface area contributed by atoms with Crippen LogP contribution in [0.5, 0.6) is 5.75 Å². The molecule has 0 spiro atoms. The van der Waals surface area contributed by atoms with Gasteiger partial charge < -0.3 is 15.0 Å². The average Bonchev–Trinajstić information content (AvgIpc) is 3.50. The van der Waals surface area contributed by atoms with Crippen LogP contribution in [0.3, 0.4) is 0 Å². The molecule has 9 heteroatoms. The minimum Gasteiger partial charge on any atom is -0.496 e. The van der Waals surface area contributed by atoms with E-state index in [1.807, 2.05) is 29.2 Å². The molecule has 1 aliphatic heterocycles. The number of methoxy groups -OCH3 is 1. The lowest BCUT2D eigenvalue weighted by Gasteiger charge is -2.21. The fraction of sp³-hybridized carbons (Fsp3) is 0.318. The van der Waals surface area contributed by atoms with Gasteiger partial charge in [-0.3, -0.25) is 9.59 Å². The van der Waals surface area contributed by atoms with Crippen molar-refractivity contribution in [2.45, 2.75) is 32.4 Å². The smallest absolute Gasteiger partial charge is 0.283 e. The molecule has 0 radical (unpaired) electrons. The molecule has 1 amide bonds. The monoisotopic (exact) mass is 458 g/mol. The predicted octanol–water partition coefficient (Wildman–Crippen LogP) is 4.59. The van der Waals surface area contributed by atoms with Gasteiger partial charge in [0.1, 0.15) is 11.6 Å². The summed E-state index contributed by atoms with van der Waals surface area (Å²) in [7, 11) is 1.53. The van der Waals surface area contributed by atoms with Crippen molar-refractivity contribution in [2.75, 3.05) is 19.0 Å². The molecule has 1 unspecified atom stereocenters. The fourth-order valence-corrected chi connectivity index (χ4v) is 4.88. The number of amides is 1. The van der Waals surface area contributed by atoms with E-state index in [4.69, 9.17) is 16.3 Å². The van der Waals surface area contributed by atoms with Crippen LogP contribution >= 0.6 is 22.9 Å². The first-order chi connectivity index (χ1) is 15.0. The second-order valence-corrected chi connectivity index (χ2v) is 9.10. The lowest BCUT2D eigenvalue weighted by atomic mass is 10.1. The van der Waals surface area contributed by atoms with Crippen LogP contribution in [0.4, 0.5) is 5.82 Å². The van der Waals surface area contributed by atoms with E-state index in [2.05, 4.69) is 10.4 Å². The van der Waals surface area contributed by atoms with Gasteiger partial charge in [0.15, 0.2) is 0 Å². The summed E-state index contributed by atoms with van der Waals surface area (Å²) in [5, 5.41) is 7.93. The first-order valence-electron chi connectivity index (χ1n) is 10.0. The number of ether oxygens (including phenoxy) is 1. The van der Waals surface area contributed by atoms with Crippen LogP contribution in [0, 0.1) is 0 Å². The standard InChI is InChI=1S/C22H23ClN4O3S/c1-14(28)26-11-5-7-18(26)17-12-21(24-13-15-9-10-20(23)31-15)27(25-17)22(29)16-6-3-4-8-19(16)30-2/h3-4,6,8-10,12,18,24H,5,7,11,13H2,1-2H3. The Labute approximate surface area is 189 Å². The summed E-state index contributed by atoms with van der Waals surface area (Å²) < 4.78 is 7.43. The zero-order chi connectivity index (χ0) is 22.0.